The summed E-state index contributed by atoms with van der Waals surface area (Å²) in [7, 11) is 0. The molecular formula is C16H16N2O3. The molecule has 2 heterocycles. The SMILES string of the molecule is C/C=C/C=C/C(=O)OCc1cc(=O)n2cccc(C)c2n1. The highest BCUT2D eigenvalue weighted by atomic mass is 16.5. The molecule has 0 atom stereocenters. The first-order chi connectivity index (χ1) is 10.1. The fourth-order valence-electron chi connectivity index (χ4n) is 1.82. The Labute approximate surface area is 122 Å². The first-order valence-electron chi connectivity index (χ1n) is 6.56. The van der Waals surface area contributed by atoms with Crippen molar-refractivity contribution in [2.24, 2.45) is 0 Å². The predicted molar refractivity (Wildman–Crippen MR) is 79.9 cm³/mol. The first kappa shape index (κ1) is 14.7. The molecule has 2 aromatic heterocycles. The number of carbonyl (C=O) groups is 1. The molecule has 0 amide bonds. The predicted octanol–water partition coefficient (Wildman–Crippen LogP) is 2.18. The Balaban J connectivity index is 2.18. The van der Waals surface area contributed by atoms with Crippen LogP contribution in [-0.2, 0) is 16.1 Å². The molecule has 0 saturated heterocycles. The summed E-state index contributed by atoms with van der Waals surface area (Å²) in [6.07, 6.45) is 8.10. The van der Waals surface area contributed by atoms with E-state index in [4.69, 9.17) is 4.74 Å². The van der Waals surface area contributed by atoms with Gasteiger partial charge in [-0.2, -0.15) is 0 Å². The molecule has 0 unspecified atom stereocenters. The maximum absolute atomic E-state index is 12.0. The molecule has 0 aromatic carbocycles. The summed E-state index contributed by atoms with van der Waals surface area (Å²) < 4.78 is 6.51. The van der Waals surface area contributed by atoms with Crippen LogP contribution in [0.2, 0.25) is 0 Å². The second-order valence-electron chi connectivity index (χ2n) is 4.46. The number of fused-ring (bicyclic) bond motifs is 1. The molecule has 2 rings (SSSR count). The lowest BCUT2D eigenvalue weighted by atomic mass is 10.3. The highest BCUT2D eigenvalue weighted by molar-refractivity contribution is 5.82. The lowest BCUT2D eigenvalue weighted by molar-refractivity contribution is -0.139. The number of aromatic nitrogens is 2. The van der Waals surface area contributed by atoms with Gasteiger partial charge < -0.3 is 4.74 Å². The smallest absolute Gasteiger partial charge is 0.331 e. The molecule has 0 bridgehead atoms. The Kier molecular flexibility index (Phi) is 4.66. The highest BCUT2D eigenvalue weighted by Crippen LogP contribution is 2.06. The van der Waals surface area contributed by atoms with Crippen molar-refractivity contribution in [3.05, 3.63) is 70.3 Å². The van der Waals surface area contributed by atoms with E-state index in [9.17, 15) is 9.59 Å². The normalized spacial score (nSPS) is 11.5. The van der Waals surface area contributed by atoms with E-state index < -0.39 is 5.97 Å². The van der Waals surface area contributed by atoms with Gasteiger partial charge in [0, 0.05) is 18.3 Å². The summed E-state index contributed by atoms with van der Waals surface area (Å²) in [6.45, 7) is 3.70. The number of pyridine rings is 1. The van der Waals surface area contributed by atoms with Crippen molar-refractivity contribution in [3.8, 4) is 0 Å². The third kappa shape index (κ3) is 3.66. The number of ether oxygens (including phenoxy) is 1. The van der Waals surface area contributed by atoms with Crippen molar-refractivity contribution < 1.29 is 9.53 Å². The molecule has 21 heavy (non-hydrogen) atoms. The molecule has 0 N–H and O–H groups in total. The zero-order chi connectivity index (χ0) is 15.2. The monoisotopic (exact) mass is 284 g/mol. The molecule has 2 aromatic rings. The van der Waals surface area contributed by atoms with E-state index in [1.54, 1.807) is 30.5 Å². The van der Waals surface area contributed by atoms with Crippen LogP contribution >= 0.6 is 0 Å². The summed E-state index contributed by atoms with van der Waals surface area (Å²) in [6, 6.07) is 5.03. The summed E-state index contributed by atoms with van der Waals surface area (Å²) >= 11 is 0. The molecule has 0 aliphatic heterocycles. The zero-order valence-corrected chi connectivity index (χ0v) is 11.9. The molecule has 5 nitrogen and oxygen atoms in total. The van der Waals surface area contributed by atoms with Crippen LogP contribution < -0.4 is 5.56 Å². The average molecular weight is 284 g/mol. The van der Waals surface area contributed by atoms with E-state index in [-0.39, 0.29) is 12.2 Å². The van der Waals surface area contributed by atoms with Gasteiger partial charge in [-0.1, -0.05) is 24.3 Å². The number of rotatable bonds is 4. The third-order valence-electron chi connectivity index (χ3n) is 2.84. The average Bonchev–Trinajstić information content (AvgIpc) is 2.46. The van der Waals surface area contributed by atoms with Crippen LogP contribution in [0, 0.1) is 6.92 Å². The molecule has 0 aliphatic carbocycles. The van der Waals surface area contributed by atoms with Crippen molar-refractivity contribution in [3.63, 3.8) is 0 Å². The van der Waals surface area contributed by atoms with Gasteiger partial charge in [-0.05, 0) is 25.5 Å². The Bertz CT molecular complexity index is 773. The van der Waals surface area contributed by atoms with Gasteiger partial charge in [-0.3, -0.25) is 9.20 Å². The van der Waals surface area contributed by atoms with Crippen molar-refractivity contribution in [2.45, 2.75) is 20.5 Å². The van der Waals surface area contributed by atoms with Crippen LogP contribution in [-0.4, -0.2) is 15.4 Å². The van der Waals surface area contributed by atoms with Crippen LogP contribution in [0.25, 0.3) is 5.65 Å². The van der Waals surface area contributed by atoms with E-state index in [2.05, 4.69) is 4.98 Å². The number of carbonyl (C=O) groups excluding carboxylic acids is 1. The fraction of sp³-hybridized carbons (Fsp3) is 0.188. The summed E-state index contributed by atoms with van der Waals surface area (Å²) in [5, 5.41) is 0. The molecule has 108 valence electrons. The lowest BCUT2D eigenvalue weighted by Gasteiger charge is -2.06. The van der Waals surface area contributed by atoms with Gasteiger partial charge in [0.15, 0.2) is 0 Å². The van der Waals surface area contributed by atoms with E-state index in [1.165, 1.54) is 16.5 Å². The lowest BCUT2D eigenvalue weighted by Crippen LogP contribution is -2.17. The van der Waals surface area contributed by atoms with Crippen LogP contribution in [0.4, 0.5) is 0 Å². The van der Waals surface area contributed by atoms with Gasteiger partial charge in [0.1, 0.15) is 12.3 Å². The molecule has 0 saturated carbocycles. The van der Waals surface area contributed by atoms with Crippen LogP contribution in [0.15, 0.2) is 53.5 Å². The summed E-state index contributed by atoms with van der Waals surface area (Å²) in [4.78, 5) is 27.8. The topological polar surface area (TPSA) is 60.7 Å². The van der Waals surface area contributed by atoms with E-state index in [0.29, 0.717) is 11.3 Å². The molecule has 0 fully saturated rings. The Morgan fingerprint density at radius 2 is 2.24 bits per heavy atom. The van der Waals surface area contributed by atoms with Crippen molar-refractivity contribution in [1.29, 1.82) is 0 Å². The van der Waals surface area contributed by atoms with Crippen molar-refractivity contribution in [1.82, 2.24) is 9.38 Å². The number of aryl methyl sites for hydroxylation is 1. The number of allylic oxidation sites excluding steroid dienone is 3. The Morgan fingerprint density at radius 1 is 1.43 bits per heavy atom. The fourth-order valence-corrected chi connectivity index (χ4v) is 1.82. The van der Waals surface area contributed by atoms with Gasteiger partial charge >= 0.3 is 5.97 Å². The van der Waals surface area contributed by atoms with Crippen LogP contribution in [0.5, 0.6) is 0 Å². The highest BCUT2D eigenvalue weighted by Gasteiger charge is 2.06. The number of hydrogen-bond donors (Lipinski definition) is 0. The van der Waals surface area contributed by atoms with Crippen molar-refractivity contribution >= 4 is 11.6 Å². The van der Waals surface area contributed by atoms with Gasteiger partial charge in [0.25, 0.3) is 5.56 Å². The van der Waals surface area contributed by atoms with Gasteiger partial charge in [0.05, 0.1) is 5.69 Å². The largest absolute Gasteiger partial charge is 0.456 e. The number of esters is 1. The van der Waals surface area contributed by atoms with E-state index >= 15 is 0 Å². The molecular weight excluding hydrogens is 268 g/mol. The third-order valence-corrected chi connectivity index (χ3v) is 2.84. The Morgan fingerprint density at radius 3 is 3.00 bits per heavy atom. The minimum absolute atomic E-state index is 0.0287. The minimum Gasteiger partial charge on any atom is -0.456 e. The molecule has 5 heteroatoms. The molecule has 0 aliphatic rings. The van der Waals surface area contributed by atoms with Gasteiger partial charge in [-0.15, -0.1) is 0 Å². The zero-order valence-electron chi connectivity index (χ0n) is 11.9. The van der Waals surface area contributed by atoms with E-state index in [0.717, 1.165) is 5.56 Å². The molecule has 0 radical (unpaired) electrons. The minimum atomic E-state index is -0.472. The standard InChI is InChI=1S/C16H16N2O3/c1-3-4-5-8-15(20)21-11-13-10-14(19)18-9-6-7-12(2)16(18)17-13/h3-10H,11H2,1-2H3/b4-3+,8-5+. The quantitative estimate of drug-likeness (QED) is 0.490. The van der Waals surface area contributed by atoms with Gasteiger partial charge in [-0.25, -0.2) is 9.78 Å². The summed E-state index contributed by atoms with van der Waals surface area (Å²) in [5.41, 5.74) is 1.69. The maximum atomic E-state index is 12.0. The second-order valence-corrected chi connectivity index (χ2v) is 4.46. The second kappa shape index (κ2) is 6.65. The van der Waals surface area contributed by atoms with E-state index in [1.807, 2.05) is 19.9 Å². The maximum Gasteiger partial charge on any atom is 0.331 e. The summed E-state index contributed by atoms with van der Waals surface area (Å²) in [5.74, 6) is -0.472. The first-order valence-corrected chi connectivity index (χ1v) is 6.56. The Hall–Kier alpha value is -2.69. The number of hydrogen-bond acceptors (Lipinski definition) is 4. The van der Waals surface area contributed by atoms with Crippen LogP contribution in [0.1, 0.15) is 18.2 Å². The van der Waals surface area contributed by atoms with Gasteiger partial charge in [0.2, 0.25) is 0 Å². The number of nitrogens with zero attached hydrogens (tertiary/aromatic N) is 2. The van der Waals surface area contributed by atoms with Crippen molar-refractivity contribution in [2.75, 3.05) is 0 Å². The van der Waals surface area contributed by atoms with Crippen LogP contribution in [0.3, 0.4) is 0 Å². The molecule has 0 spiro atoms.